The van der Waals surface area contributed by atoms with Gasteiger partial charge in [-0.3, -0.25) is 4.79 Å². The van der Waals surface area contributed by atoms with E-state index in [-0.39, 0.29) is 11.8 Å². The summed E-state index contributed by atoms with van der Waals surface area (Å²) in [5.74, 6) is 0.516. The molecule has 88 valence electrons. The molecular formula is C12H19N3O. The van der Waals surface area contributed by atoms with E-state index >= 15 is 0 Å². The van der Waals surface area contributed by atoms with Gasteiger partial charge in [-0.1, -0.05) is 6.92 Å². The smallest absolute Gasteiger partial charge is 0.228 e. The van der Waals surface area contributed by atoms with Gasteiger partial charge in [0.15, 0.2) is 0 Å². The number of aryl methyl sites for hydroxylation is 2. The first-order valence-electron chi connectivity index (χ1n) is 5.49. The van der Waals surface area contributed by atoms with Crippen molar-refractivity contribution in [1.82, 2.24) is 4.98 Å². The Morgan fingerprint density at radius 3 is 2.75 bits per heavy atom. The number of hydrogen-bond acceptors (Lipinski definition) is 3. The van der Waals surface area contributed by atoms with Crippen LogP contribution in [0.5, 0.6) is 0 Å². The van der Waals surface area contributed by atoms with E-state index in [0.717, 1.165) is 11.3 Å². The number of pyridine rings is 1. The standard InChI is InChI=1S/C12H19N3O/c1-8-6-10(3)14-11(7-8)15-12(16)9(2)4-5-13/h6-7,9H,4-5,13H2,1-3H3,(H,14,15,16). The molecule has 1 aromatic rings. The largest absolute Gasteiger partial charge is 0.330 e. The van der Waals surface area contributed by atoms with Crippen LogP contribution in [0.1, 0.15) is 24.6 Å². The predicted molar refractivity (Wildman–Crippen MR) is 65.2 cm³/mol. The van der Waals surface area contributed by atoms with Crippen LogP contribution in [0.3, 0.4) is 0 Å². The van der Waals surface area contributed by atoms with Crippen LogP contribution in [-0.4, -0.2) is 17.4 Å². The molecule has 4 nitrogen and oxygen atoms in total. The fourth-order valence-electron chi connectivity index (χ4n) is 1.54. The van der Waals surface area contributed by atoms with Crippen LogP contribution in [0.4, 0.5) is 5.82 Å². The van der Waals surface area contributed by atoms with Gasteiger partial charge in [0.05, 0.1) is 0 Å². The van der Waals surface area contributed by atoms with Crippen LogP contribution >= 0.6 is 0 Å². The van der Waals surface area contributed by atoms with Gasteiger partial charge in [0.25, 0.3) is 0 Å². The number of rotatable bonds is 4. The molecule has 0 aliphatic carbocycles. The van der Waals surface area contributed by atoms with Crippen LogP contribution in [-0.2, 0) is 4.79 Å². The van der Waals surface area contributed by atoms with Crippen molar-refractivity contribution < 1.29 is 4.79 Å². The van der Waals surface area contributed by atoms with E-state index in [9.17, 15) is 4.79 Å². The van der Waals surface area contributed by atoms with Crippen molar-refractivity contribution in [3.05, 3.63) is 23.4 Å². The topological polar surface area (TPSA) is 68.0 Å². The van der Waals surface area contributed by atoms with Gasteiger partial charge >= 0.3 is 0 Å². The van der Waals surface area contributed by atoms with Crippen molar-refractivity contribution in [3.63, 3.8) is 0 Å². The summed E-state index contributed by atoms with van der Waals surface area (Å²) in [7, 11) is 0. The molecule has 0 spiro atoms. The Bertz CT molecular complexity index is 356. The van der Waals surface area contributed by atoms with Gasteiger partial charge in [-0.2, -0.15) is 0 Å². The number of anilines is 1. The van der Waals surface area contributed by atoms with E-state index in [1.807, 2.05) is 32.9 Å². The van der Waals surface area contributed by atoms with E-state index in [1.165, 1.54) is 0 Å². The van der Waals surface area contributed by atoms with E-state index in [2.05, 4.69) is 10.3 Å². The fourth-order valence-corrected chi connectivity index (χ4v) is 1.54. The molecule has 1 aromatic heterocycles. The third kappa shape index (κ3) is 3.62. The maximum Gasteiger partial charge on any atom is 0.228 e. The van der Waals surface area contributed by atoms with Crippen LogP contribution in [0.25, 0.3) is 0 Å². The van der Waals surface area contributed by atoms with Gasteiger partial charge in [-0.05, 0) is 44.5 Å². The Labute approximate surface area is 96.3 Å². The molecule has 1 heterocycles. The molecular weight excluding hydrogens is 202 g/mol. The second-order valence-electron chi connectivity index (χ2n) is 4.14. The SMILES string of the molecule is Cc1cc(C)nc(NC(=O)C(C)CCN)c1. The summed E-state index contributed by atoms with van der Waals surface area (Å²) in [5.41, 5.74) is 7.41. The Morgan fingerprint density at radius 2 is 2.19 bits per heavy atom. The second kappa shape index (κ2) is 5.61. The molecule has 0 saturated carbocycles. The Balaban J connectivity index is 2.69. The summed E-state index contributed by atoms with van der Waals surface area (Å²) in [5, 5.41) is 2.80. The number of carbonyl (C=O) groups is 1. The molecule has 0 bridgehead atoms. The minimum Gasteiger partial charge on any atom is -0.330 e. The number of amides is 1. The molecule has 3 N–H and O–H groups in total. The summed E-state index contributed by atoms with van der Waals surface area (Å²) in [6.07, 6.45) is 0.691. The molecule has 0 saturated heterocycles. The van der Waals surface area contributed by atoms with Crippen LogP contribution < -0.4 is 11.1 Å². The highest BCUT2D eigenvalue weighted by Crippen LogP contribution is 2.11. The highest BCUT2D eigenvalue weighted by molar-refractivity contribution is 5.91. The van der Waals surface area contributed by atoms with E-state index in [0.29, 0.717) is 18.8 Å². The molecule has 4 heteroatoms. The van der Waals surface area contributed by atoms with Gasteiger partial charge < -0.3 is 11.1 Å². The number of nitrogens with zero attached hydrogens (tertiary/aromatic N) is 1. The van der Waals surface area contributed by atoms with Gasteiger partial charge in [-0.15, -0.1) is 0 Å². The van der Waals surface area contributed by atoms with Gasteiger partial charge in [0.1, 0.15) is 5.82 Å². The number of aromatic nitrogens is 1. The molecule has 0 radical (unpaired) electrons. The maximum atomic E-state index is 11.7. The second-order valence-corrected chi connectivity index (χ2v) is 4.14. The molecule has 16 heavy (non-hydrogen) atoms. The van der Waals surface area contributed by atoms with Crippen LogP contribution in [0.2, 0.25) is 0 Å². The summed E-state index contributed by atoms with van der Waals surface area (Å²) >= 11 is 0. The zero-order valence-corrected chi connectivity index (χ0v) is 10.1. The van der Waals surface area contributed by atoms with Crippen molar-refractivity contribution in [1.29, 1.82) is 0 Å². The van der Waals surface area contributed by atoms with Crippen molar-refractivity contribution >= 4 is 11.7 Å². The number of hydrogen-bond donors (Lipinski definition) is 2. The number of carbonyl (C=O) groups excluding carboxylic acids is 1. The highest BCUT2D eigenvalue weighted by atomic mass is 16.1. The molecule has 1 atom stereocenters. The third-order valence-corrected chi connectivity index (χ3v) is 2.40. The van der Waals surface area contributed by atoms with E-state index < -0.39 is 0 Å². The molecule has 0 fully saturated rings. The van der Waals surface area contributed by atoms with Crippen molar-refractivity contribution in [3.8, 4) is 0 Å². The van der Waals surface area contributed by atoms with Crippen molar-refractivity contribution in [2.45, 2.75) is 27.2 Å². The summed E-state index contributed by atoms with van der Waals surface area (Å²) < 4.78 is 0. The van der Waals surface area contributed by atoms with Gasteiger partial charge in [0, 0.05) is 11.6 Å². The van der Waals surface area contributed by atoms with E-state index in [1.54, 1.807) is 0 Å². The Kier molecular flexibility index (Phi) is 4.43. The molecule has 0 aliphatic rings. The minimum atomic E-state index is -0.0763. The lowest BCUT2D eigenvalue weighted by atomic mass is 10.1. The average molecular weight is 221 g/mol. The summed E-state index contributed by atoms with van der Waals surface area (Å²) in [6, 6.07) is 3.83. The molecule has 1 rings (SSSR count). The summed E-state index contributed by atoms with van der Waals surface area (Å²) in [6.45, 7) is 6.28. The van der Waals surface area contributed by atoms with Gasteiger partial charge in [-0.25, -0.2) is 4.98 Å². The highest BCUT2D eigenvalue weighted by Gasteiger charge is 2.12. The van der Waals surface area contributed by atoms with Gasteiger partial charge in [0.2, 0.25) is 5.91 Å². The third-order valence-electron chi connectivity index (χ3n) is 2.40. The summed E-state index contributed by atoms with van der Waals surface area (Å²) in [4.78, 5) is 16.0. The maximum absolute atomic E-state index is 11.7. The zero-order valence-electron chi connectivity index (χ0n) is 10.1. The lowest BCUT2D eigenvalue weighted by Gasteiger charge is -2.11. The zero-order chi connectivity index (χ0) is 12.1. The van der Waals surface area contributed by atoms with E-state index in [4.69, 9.17) is 5.73 Å². The number of nitrogens with two attached hydrogens (primary N) is 1. The van der Waals surface area contributed by atoms with Crippen LogP contribution in [0, 0.1) is 19.8 Å². The lowest BCUT2D eigenvalue weighted by Crippen LogP contribution is -2.23. The molecule has 1 unspecified atom stereocenters. The predicted octanol–water partition coefficient (Wildman–Crippen LogP) is 1.62. The fraction of sp³-hybridized carbons (Fsp3) is 0.500. The quantitative estimate of drug-likeness (QED) is 0.811. The minimum absolute atomic E-state index is 0.0250. The van der Waals surface area contributed by atoms with Crippen molar-refractivity contribution in [2.24, 2.45) is 11.7 Å². The lowest BCUT2D eigenvalue weighted by molar-refractivity contribution is -0.119. The average Bonchev–Trinajstić information content (AvgIpc) is 2.16. The Hall–Kier alpha value is -1.42. The molecule has 1 amide bonds. The van der Waals surface area contributed by atoms with Crippen LogP contribution in [0.15, 0.2) is 12.1 Å². The first-order valence-corrected chi connectivity index (χ1v) is 5.49. The molecule has 0 aromatic carbocycles. The normalized spacial score (nSPS) is 12.2. The van der Waals surface area contributed by atoms with Crippen molar-refractivity contribution in [2.75, 3.05) is 11.9 Å². The molecule has 0 aliphatic heterocycles. The Morgan fingerprint density at radius 1 is 1.50 bits per heavy atom. The first kappa shape index (κ1) is 12.6. The first-order chi connectivity index (χ1) is 7.52. The monoisotopic (exact) mass is 221 g/mol. The number of nitrogens with one attached hydrogen (secondary N) is 1.